The molecule has 3 aromatic carbocycles. The largest absolute Gasteiger partial charge is 0.282 e. The fourth-order valence-corrected chi connectivity index (χ4v) is 7.05. The maximum atomic E-state index is 14.4. The van der Waals surface area contributed by atoms with Gasteiger partial charge in [-0.25, -0.2) is 22.2 Å². The molecule has 0 N–H and O–H groups in total. The lowest BCUT2D eigenvalue weighted by Crippen LogP contribution is -2.47. The maximum Gasteiger partial charge on any atom is 0.247 e. The molecule has 0 spiro atoms. The van der Waals surface area contributed by atoms with Gasteiger partial charge in [-0.1, -0.05) is 53.3 Å². The molecular weight excluding hydrogens is 528 g/mol. The SMILES string of the molecule is O=C(C1CCCN1S(=O)(=O)c1ccc(Cl)cc1)N(Cc1ccccc1)c1nc2c(F)cc(F)cc2s1. The van der Waals surface area contributed by atoms with Crippen LogP contribution in [0.5, 0.6) is 0 Å². The van der Waals surface area contributed by atoms with Crippen LogP contribution in [-0.2, 0) is 21.4 Å². The van der Waals surface area contributed by atoms with E-state index < -0.39 is 33.6 Å². The molecule has 0 aliphatic carbocycles. The number of sulfonamides is 1. The topological polar surface area (TPSA) is 70.6 Å². The minimum Gasteiger partial charge on any atom is -0.282 e. The number of nitrogens with zero attached hydrogens (tertiary/aromatic N) is 3. The smallest absolute Gasteiger partial charge is 0.247 e. The lowest BCUT2D eigenvalue weighted by atomic mass is 10.1. The molecule has 1 aliphatic rings. The first-order chi connectivity index (χ1) is 17.2. The van der Waals surface area contributed by atoms with Crippen LogP contribution in [0.3, 0.4) is 0 Å². The second-order valence-electron chi connectivity index (χ2n) is 8.37. The van der Waals surface area contributed by atoms with Crippen molar-refractivity contribution in [1.82, 2.24) is 9.29 Å². The molecular formula is C25H20ClF2N3O3S2. The van der Waals surface area contributed by atoms with Crippen molar-refractivity contribution in [1.29, 1.82) is 0 Å². The quantitative estimate of drug-likeness (QED) is 0.314. The highest BCUT2D eigenvalue weighted by Crippen LogP contribution is 2.35. The van der Waals surface area contributed by atoms with Crippen molar-refractivity contribution in [2.24, 2.45) is 0 Å². The summed E-state index contributed by atoms with van der Waals surface area (Å²) in [5, 5.41) is 0.565. The van der Waals surface area contributed by atoms with Crippen molar-refractivity contribution in [3.05, 3.63) is 89.0 Å². The number of carbonyl (C=O) groups excluding carboxylic acids is 1. The summed E-state index contributed by atoms with van der Waals surface area (Å²) in [7, 11) is -3.97. The Bertz CT molecular complexity index is 1530. The number of anilines is 1. The first-order valence-electron chi connectivity index (χ1n) is 11.1. The molecule has 36 heavy (non-hydrogen) atoms. The van der Waals surface area contributed by atoms with Crippen molar-refractivity contribution in [3.8, 4) is 0 Å². The van der Waals surface area contributed by atoms with E-state index in [1.165, 1.54) is 33.5 Å². The van der Waals surface area contributed by atoms with Crippen LogP contribution in [0.15, 0.2) is 71.6 Å². The van der Waals surface area contributed by atoms with E-state index in [2.05, 4.69) is 4.98 Å². The van der Waals surface area contributed by atoms with Gasteiger partial charge in [0.25, 0.3) is 0 Å². The van der Waals surface area contributed by atoms with Gasteiger partial charge in [0.15, 0.2) is 10.9 Å². The van der Waals surface area contributed by atoms with Crippen molar-refractivity contribution in [2.75, 3.05) is 11.4 Å². The fourth-order valence-electron chi connectivity index (χ4n) is 4.26. The van der Waals surface area contributed by atoms with Crippen LogP contribution in [-0.4, -0.2) is 36.2 Å². The summed E-state index contributed by atoms with van der Waals surface area (Å²) >= 11 is 6.89. The molecule has 0 radical (unpaired) electrons. The first kappa shape index (κ1) is 24.8. The fraction of sp³-hybridized carbons (Fsp3) is 0.200. The lowest BCUT2D eigenvalue weighted by molar-refractivity contribution is -0.121. The zero-order chi connectivity index (χ0) is 25.4. The molecule has 5 rings (SSSR count). The molecule has 1 atom stereocenters. The number of halogens is 3. The summed E-state index contributed by atoms with van der Waals surface area (Å²) < 4.78 is 56.5. The van der Waals surface area contributed by atoms with Gasteiger partial charge in [0.2, 0.25) is 15.9 Å². The molecule has 2 heterocycles. The minimum absolute atomic E-state index is 0.0405. The highest BCUT2D eigenvalue weighted by molar-refractivity contribution is 7.89. The second kappa shape index (κ2) is 9.85. The van der Waals surface area contributed by atoms with E-state index in [-0.39, 0.29) is 33.3 Å². The Morgan fingerprint density at radius 2 is 1.83 bits per heavy atom. The van der Waals surface area contributed by atoms with Gasteiger partial charge in [-0.05, 0) is 48.7 Å². The Kier molecular flexibility index (Phi) is 6.78. The molecule has 11 heteroatoms. The van der Waals surface area contributed by atoms with Crippen molar-refractivity contribution in [3.63, 3.8) is 0 Å². The molecule has 1 unspecified atom stereocenters. The molecule has 0 saturated carbocycles. The van der Waals surface area contributed by atoms with Gasteiger partial charge in [0.05, 0.1) is 16.1 Å². The zero-order valence-corrected chi connectivity index (χ0v) is 21.2. The number of benzene rings is 3. The van der Waals surface area contributed by atoms with Crippen molar-refractivity contribution in [2.45, 2.75) is 30.3 Å². The second-order valence-corrected chi connectivity index (χ2v) is 11.7. The van der Waals surface area contributed by atoms with Crippen LogP contribution in [0.1, 0.15) is 18.4 Å². The van der Waals surface area contributed by atoms with Gasteiger partial charge >= 0.3 is 0 Å². The predicted octanol–water partition coefficient (Wildman–Crippen LogP) is 5.61. The summed E-state index contributed by atoms with van der Waals surface area (Å²) in [6, 6.07) is 15.8. The Hall–Kier alpha value is -2.92. The minimum atomic E-state index is -3.97. The van der Waals surface area contributed by atoms with E-state index in [0.29, 0.717) is 17.9 Å². The number of rotatable bonds is 6. The Balaban J connectivity index is 1.54. The molecule has 1 aliphatic heterocycles. The van der Waals surface area contributed by atoms with Crippen LogP contribution in [0.25, 0.3) is 10.2 Å². The number of hydrogen-bond donors (Lipinski definition) is 0. The molecule has 6 nitrogen and oxygen atoms in total. The van der Waals surface area contributed by atoms with Gasteiger partial charge in [0.1, 0.15) is 17.4 Å². The summed E-state index contributed by atoms with van der Waals surface area (Å²) in [5.41, 5.74) is 0.737. The molecule has 4 aromatic rings. The van der Waals surface area contributed by atoms with Crippen molar-refractivity contribution >= 4 is 54.2 Å². The molecule has 1 amide bonds. The van der Waals surface area contributed by atoms with E-state index in [0.717, 1.165) is 29.0 Å². The van der Waals surface area contributed by atoms with Crippen molar-refractivity contribution < 1.29 is 22.0 Å². The third-order valence-electron chi connectivity index (χ3n) is 5.99. The van der Waals surface area contributed by atoms with Crippen LogP contribution < -0.4 is 4.90 Å². The van der Waals surface area contributed by atoms with Gasteiger partial charge in [0, 0.05) is 17.6 Å². The standard InChI is InChI=1S/C25H20ClF2N3O3S2/c26-17-8-10-19(11-9-17)36(33,34)31-12-4-7-21(31)24(32)30(15-16-5-2-1-3-6-16)25-29-23-20(28)13-18(27)14-22(23)35-25/h1-3,5-6,8-11,13-14,21H,4,7,12,15H2. The Morgan fingerprint density at radius 3 is 2.56 bits per heavy atom. The van der Waals surface area contributed by atoms with E-state index in [1.807, 2.05) is 30.3 Å². The number of hydrogen-bond acceptors (Lipinski definition) is 5. The van der Waals surface area contributed by atoms with Crippen LogP contribution >= 0.6 is 22.9 Å². The normalized spacial score (nSPS) is 16.5. The number of carbonyl (C=O) groups is 1. The molecule has 1 saturated heterocycles. The van der Waals surface area contributed by atoms with Crippen LogP contribution in [0.4, 0.5) is 13.9 Å². The number of aromatic nitrogens is 1. The van der Waals surface area contributed by atoms with E-state index in [1.54, 1.807) is 0 Å². The maximum absolute atomic E-state index is 14.4. The average Bonchev–Trinajstić information content (AvgIpc) is 3.51. The third kappa shape index (κ3) is 4.73. The van der Waals surface area contributed by atoms with Gasteiger partial charge in [-0.15, -0.1) is 0 Å². The third-order valence-corrected chi connectivity index (χ3v) is 9.19. The Labute approximate surface area is 215 Å². The van der Waals surface area contributed by atoms with Gasteiger partial charge < -0.3 is 0 Å². The molecule has 1 fully saturated rings. The molecule has 1 aromatic heterocycles. The first-order valence-corrected chi connectivity index (χ1v) is 13.8. The number of thiazole rings is 1. The average molecular weight is 548 g/mol. The predicted molar refractivity (Wildman–Crippen MR) is 136 cm³/mol. The summed E-state index contributed by atoms with van der Waals surface area (Å²) in [4.78, 5) is 19.6. The molecule has 0 bridgehead atoms. The van der Waals surface area contributed by atoms with Crippen LogP contribution in [0, 0.1) is 11.6 Å². The summed E-state index contributed by atoms with van der Waals surface area (Å²) in [6.45, 7) is 0.273. The van der Waals surface area contributed by atoms with E-state index >= 15 is 0 Å². The lowest BCUT2D eigenvalue weighted by Gasteiger charge is -2.28. The van der Waals surface area contributed by atoms with Gasteiger partial charge in [-0.3, -0.25) is 9.69 Å². The summed E-state index contributed by atoms with van der Waals surface area (Å²) in [6.07, 6.45) is 0.826. The monoisotopic (exact) mass is 547 g/mol. The van der Waals surface area contributed by atoms with Crippen LogP contribution in [0.2, 0.25) is 5.02 Å². The Morgan fingerprint density at radius 1 is 1.11 bits per heavy atom. The highest BCUT2D eigenvalue weighted by atomic mass is 35.5. The molecule has 186 valence electrons. The van der Waals surface area contributed by atoms with E-state index in [9.17, 15) is 22.0 Å². The number of fused-ring (bicyclic) bond motifs is 1. The zero-order valence-electron chi connectivity index (χ0n) is 18.8. The van der Waals surface area contributed by atoms with Gasteiger partial charge in [-0.2, -0.15) is 4.31 Å². The summed E-state index contributed by atoms with van der Waals surface area (Å²) in [5.74, 6) is -2.05. The number of amides is 1. The highest BCUT2D eigenvalue weighted by Gasteiger charge is 2.42. The van der Waals surface area contributed by atoms with E-state index in [4.69, 9.17) is 11.6 Å².